The van der Waals surface area contributed by atoms with E-state index >= 15 is 0 Å². The van der Waals surface area contributed by atoms with Crippen LogP contribution in [0, 0.1) is 11.3 Å². The van der Waals surface area contributed by atoms with Gasteiger partial charge in [-0.15, -0.1) is 0 Å². The van der Waals surface area contributed by atoms with Crippen molar-refractivity contribution in [2.24, 2.45) is 0 Å². The Morgan fingerprint density at radius 1 is 1.03 bits per heavy atom. The van der Waals surface area contributed by atoms with Crippen molar-refractivity contribution < 1.29 is 4.74 Å². The van der Waals surface area contributed by atoms with Gasteiger partial charge in [-0.3, -0.25) is 4.98 Å². The minimum atomic E-state index is 0.436. The lowest BCUT2D eigenvalue weighted by Crippen LogP contribution is -2.46. The molecule has 5 rings (SSSR count). The van der Waals surface area contributed by atoms with E-state index in [1.807, 2.05) is 6.07 Å². The molecule has 3 aromatic rings. The molecule has 2 aliphatic heterocycles. The van der Waals surface area contributed by atoms with E-state index in [4.69, 9.17) is 27.9 Å². The van der Waals surface area contributed by atoms with Crippen LogP contribution < -0.4 is 15.0 Å². The Morgan fingerprint density at radius 2 is 1.81 bits per heavy atom. The fraction of sp³-hybridized carbons (Fsp3) is 0.429. The smallest absolute Gasteiger partial charge is 0.143 e. The molecule has 0 saturated carbocycles. The maximum absolute atomic E-state index is 9.76. The summed E-state index contributed by atoms with van der Waals surface area (Å²) in [6.07, 6.45) is 3.92. The lowest BCUT2D eigenvalue weighted by atomic mass is 10.1. The van der Waals surface area contributed by atoms with Crippen molar-refractivity contribution >= 4 is 51.2 Å². The van der Waals surface area contributed by atoms with Crippen LogP contribution in [0.2, 0.25) is 10.0 Å². The third kappa shape index (κ3) is 5.89. The lowest BCUT2D eigenvalue weighted by Gasteiger charge is -2.34. The molecule has 1 aromatic heterocycles. The molecule has 0 unspecified atom stereocenters. The Morgan fingerprint density at radius 3 is 2.57 bits per heavy atom. The number of nitrogens with one attached hydrogen (secondary N) is 1. The Bertz CT molecular complexity index is 1300. The first-order valence-electron chi connectivity index (χ1n) is 13.0. The van der Waals surface area contributed by atoms with Gasteiger partial charge >= 0.3 is 0 Å². The van der Waals surface area contributed by atoms with Crippen LogP contribution in [0.4, 0.5) is 17.1 Å². The van der Waals surface area contributed by atoms with Crippen LogP contribution in [0.3, 0.4) is 0 Å². The third-order valence-corrected chi connectivity index (χ3v) is 7.83. The predicted octanol–water partition coefficient (Wildman–Crippen LogP) is 5.77. The van der Waals surface area contributed by atoms with E-state index in [1.165, 1.54) is 32.6 Å². The minimum Gasteiger partial charge on any atom is -0.490 e. The maximum Gasteiger partial charge on any atom is 0.143 e. The maximum atomic E-state index is 9.76. The number of benzene rings is 2. The molecular weight excluding hydrogens is 507 g/mol. The van der Waals surface area contributed by atoms with Gasteiger partial charge in [0.1, 0.15) is 18.4 Å². The van der Waals surface area contributed by atoms with E-state index in [0.29, 0.717) is 33.6 Å². The number of piperazine rings is 1. The van der Waals surface area contributed by atoms with Crippen molar-refractivity contribution in [2.75, 3.05) is 69.2 Å². The van der Waals surface area contributed by atoms with Gasteiger partial charge in [-0.25, -0.2) is 0 Å². The number of unbranched alkanes of at least 4 members (excludes halogenated alkanes) is 1. The van der Waals surface area contributed by atoms with E-state index < -0.39 is 0 Å². The van der Waals surface area contributed by atoms with Gasteiger partial charge in [0.25, 0.3) is 0 Å². The quantitative estimate of drug-likeness (QED) is 0.365. The summed E-state index contributed by atoms with van der Waals surface area (Å²) in [5, 5.41) is 14.9. The second kappa shape index (κ2) is 11.7. The highest BCUT2D eigenvalue weighted by Crippen LogP contribution is 2.40. The highest BCUT2D eigenvalue weighted by molar-refractivity contribution is 6.36. The zero-order valence-electron chi connectivity index (χ0n) is 21.1. The molecule has 3 heterocycles. The summed E-state index contributed by atoms with van der Waals surface area (Å²) in [5.74, 6) is 0.816. The molecule has 2 aliphatic rings. The summed E-state index contributed by atoms with van der Waals surface area (Å²) in [6, 6.07) is 11.5. The number of fused-ring (bicyclic) bond motifs is 2. The summed E-state index contributed by atoms with van der Waals surface area (Å²) in [7, 11) is 0. The zero-order valence-corrected chi connectivity index (χ0v) is 22.7. The van der Waals surface area contributed by atoms with E-state index in [9.17, 15) is 5.26 Å². The summed E-state index contributed by atoms with van der Waals surface area (Å²) >= 11 is 12.5. The Kier molecular flexibility index (Phi) is 8.21. The van der Waals surface area contributed by atoms with Crippen LogP contribution in [0.25, 0.3) is 10.9 Å². The average molecular weight is 540 g/mol. The first-order valence-corrected chi connectivity index (χ1v) is 13.7. The number of pyridine rings is 1. The highest BCUT2D eigenvalue weighted by atomic mass is 35.5. The molecule has 37 heavy (non-hydrogen) atoms. The van der Waals surface area contributed by atoms with Crippen molar-refractivity contribution in [3.63, 3.8) is 0 Å². The molecule has 194 valence electrons. The van der Waals surface area contributed by atoms with Gasteiger partial charge in [0.2, 0.25) is 0 Å². The van der Waals surface area contributed by atoms with Gasteiger partial charge in [0.05, 0.1) is 39.7 Å². The van der Waals surface area contributed by atoms with E-state index in [0.717, 1.165) is 54.9 Å². The van der Waals surface area contributed by atoms with E-state index in [2.05, 4.69) is 44.1 Å². The van der Waals surface area contributed by atoms with Crippen molar-refractivity contribution in [2.45, 2.75) is 19.8 Å². The molecule has 1 N–H and O–H groups in total. The first kappa shape index (κ1) is 25.9. The molecule has 0 bridgehead atoms. The van der Waals surface area contributed by atoms with Crippen LogP contribution in [-0.2, 0) is 0 Å². The molecule has 0 aliphatic carbocycles. The second-order valence-electron chi connectivity index (χ2n) is 9.56. The van der Waals surface area contributed by atoms with Gasteiger partial charge in [-0.2, -0.15) is 5.26 Å². The molecule has 0 atom stereocenters. The molecule has 1 saturated heterocycles. The normalized spacial score (nSPS) is 16.3. The fourth-order valence-corrected chi connectivity index (χ4v) is 5.56. The monoisotopic (exact) mass is 538 g/mol. The topological polar surface area (TPSA) is 67.7 Å². The number of nitrogens with zero attached hydrogens (tertiary/aromatic N) is 5. The summed E-state index contributed by atoms with van der Waals surface area (Å²) in [5.41, 5.74) is 3.62. The van der Waals surface area contributed by atoms with Crippen molar-refractivity contribution in [1.82, 2.24) is 14.8 Å². The molecular formula is C28H32Cl2N6O. The van der Waals surface area contributed by atoms with Gasteiger partial charge in [-0.1, -0.05) is 30.1 Å². The number of hydrogen-bond donors (Lipinski definition) is 1. The summed E-state index contributed by atoms with van der Waals surface area (Å²) in [6.45, 7) is 11.7. The average Bonchev–Trinajstić information content (AvgIpc) is 2.92. The number of likely N-dealkylation sites (N-methyl/N-ethyl adjacent to an activating group) is 1. The van der Waals surface area contributed by atoms with E-state index in [1.54, 1.807) is 24.4 Å². The van der Waals surface area contributed by atoms with Gasteiger partial charge < -0.3 is 24.8 Å². The molecule has 2 aromatic carbocycles. The first-order chi connectivity index (χ1) is 18.1. The van der Waals surface area contributed by atoms with Crippen molar-refractivity contribution in [3.05, 3.63) is 52.1 Å². The Hall–Kier alpha value is -2.76. The molecule has 0 amide bonds. The van der Waals surface area contributed by atoms with E-state index in [-0.39, 0.29) is 0 Å². The second-order valence-corrected chi connectivity index (χ2v) is 10.4. The molecule has 0 radical (unpaired) electrons. The van der Waals surface area contributed by atoms with Crippen LogP contribution >= 0.6 is 23.2 Å². The van der Waals surface area contributed by atoms with Gasteiger partial charge in [-0.05, 0) is 56.3 Å². The van der Waals surface area contributed by atoms with Crippen LogP contribution in [0.1, 0.15) is 25.3 Å². The lowest BCUT2D eigenvalue weighted by molar-refractivity contribution is 0.136. The number of hydrogen-bond acceptors (Lipinski definition) is 7. The van der Waals surface area contributed by atoms with Crippen molar-refractivity contribution in [1.29, 1.82) is 5.26 Å². The Balaban J connectivity index is 1.32. The summed E-state index contributed by atoms with van der Waals surface area (Å²) < 4.78 is 6.07. The molecule has 0 spiro atoms. The standard InChI is InChI=1S/C28H32Cl2N6O/c1-2-34-9-11-35(12-10-34)7-3-4-8-36-13-14-37-27-16-22-25(17-26(27)36)32-19-20(18-31)28(22)33-24-6-5-21(29)15-23(24)30/h5-6,15-17,19H,2-4,7-14H2,1H3,(H,32,33). The largest absolute Gasteiger partial charge is 0.490 e. The van der Waals surface area contributed by atoms with Crippen LogP contribution in [-0.4, -0.2) is 73.7 Å². The number of nitriles is 1. The SMILES string of the molecule is CCN1CCN(CCCCN2CCOc3cc4c(Nc5ccc(Cl)cc5Cl)c(C#N)cnc4cc32)CC1. The zero-order chi connectivity index (χ0) is 25.8. The van der Waals surface area contributed by atoms with Crippen LogP contribution in [0.15, 0.2) is 36.5 Å². The highest BCUT2D eigenvalue weighted by Gasteiger charge is 2.22. The predicted molar refractivity (Wildman–Crippen MR) is 152 cm³/mol. The van der Waals surface area contributed by atoms with Crippen LogP contribution in [0.5, 0.6) is 5.75 Å². The molecule has 9 heteroatoms. The third-order valence-electron chi connectivity index (χ3n) is 7.28. The fourth-order valence-electron chi connectivity index (χ4n) is 5.10. The number of anilines is 3. The minimum absolute atomic E-state index is 0.436. The number of ether oxygens (including phenoxy) is 1. The summed E-state index contributed by atoms with van der Waals surface area (Å²) in [4.78, 5) is 12.1. The van der Waals surface area contributed by atoms with Gasteiger partial charge in [0.15, 0.2) is 0 Å². The molecule has 1 fully saturated rings. The number of halogens is 2. The van der Waals surface area contributed by atoms with Crippen molar-refractivity contribution in [3.8, 4) is 11.8 Å². The Labute approximate surface area is 228 Å². The number of aromatic nitrogens is 1. The number of rotatable bonds is 8. The van der Waals surface area contributed by atoms with Gasteiger partial charge in [0, 0.05) is 49.3 Å². The molecule has 7 nitrogen and oxygen atoms in total.